The molecule has 0 bridgehead atoms. The van der Waals surface area contributed by atoms with Crippen molar-refractivity contribution in [2.75, 3.05) is 18.4 Å². The fourth-order valence-corrected chi connectivity index (χ4v) is 3.10. The van der Waals surface area contributed by atoms with Crippen LogP contribution in [0.15, 0.2) is 12.1 Å². The van der Waals surface area contributed by atoms with Gasteiger partial charge in [0.2, 0.25) is 5.95 Å². The van der Waals surface area contributed by atoms with Gasteiger partial charge in [-0.1, -0.05) is 23.2 Å². The Hall–Kier alpha value is -1.41. The van der Waals surface area contributed by atoms with E-state index in [9.17, 15) is 9.18 Å². The minimum absolute atomic E-state index is 0. The van der Waals surface area contributed by atoms with Crippen LogP contribution in [0.5, 0.6) is 0 Å². The van der Waals surface area contributed by atoms with Gasteiger partial charge < -0.3 is 5.32 Å². The summed E-state index contributed by atoms with van der Waals surface area (Å²) < 4.78 is 15.1. The number of hydrogen-bond acceptors (Lipinski definition) is 4. The molecule has 1 fully saturated rings. The summed E-state index contributed by atoms with van der Waals surface area (Å²) in [5, 5.41) is 10.2. The SMILES string of the molecule is Cl.Cn1nc(C2CCNCC2)nc1NC(=O)c1cc(F)c(Cl)cc1Cl. The maximum Gasteiger partial charge on any atom is 0.259 e. The number of nitrogens with zero attached hydrogens (tertiary/aromatic N) is 3. The maximum atomic E-state index is 13.6. The Labute approximate surface area is 160 Å². The van der Waals surface area contributed by atoms with Crippen LogP contribution in [0.25, 0.3) is 0 Å². The lowest BCUT2D eigenvalue weighted by molar-refractivity contribution is 0.102. The first-order valence-electron chi connectivity index (χ1n) is 7.53. The predicted octanol–water partition coefficient (Wildman–Crippen LogP) is 3.40. The third-order valence-corrected chi connectivity index (χ3v) is 4.57. The van der Waals surface area contributed by atoms with Crippen molar-refractivity contribution in [2.45, 2.75) is 18.8 Å². The molecule has 1 aliphatic heterocycles. The van der Waals surface area contributed by atoms with Crippen LogP contribution in [0.2, 0.25) is 10.0 Å². The molecule has 1 aromatic carbocycles. The fraction of sp³-hybridized carbons (Fsp3) is 0.400. The van der Waals surface area contributed by atoms with Crippen LogP contribution in [0.1, 0.15) is 34.9 Å². The third-order valence-electron chi connectivity index (χ3n) is 3.96. The number of rotatable bonds is 3. The Morgan fingerprint density at radius 2 is 2.00 bits per heavy atom. The molecule has 1 saturated heterocycles. The highest BCUT2D eigenvalue weighted by atomic mass is 35.5. The molecule has 0 saturated carbocycles. The molecule has 1 amide bonds. The molecule has 6 nitrogen and oxygen atoms in total. The second kappa shape index (κ2) is 8.31. The number of aryl methyl sites for hydroxylation is 1. The van der Waals surface area contributed by atoms with Gasteiger partial charge in [-0.25, -0.2) is 9.07 Å². The molecule has 2 heterocycles. The van der Waals surface area contributed by atoms with E-state index in [-0.39, 0.29) is 33.9 Å². The summed E-state index contributed by atoms with van der Waals surface area (Å²) in [6.45, 7) is 1.84. The van der Waals surface area contributed by atoms with Crippen LogP contribution in [0.4, 0.5) is 10.3 Å². The summed E-state index contributed by atoms with van der Waals surface area (Å²) in [5.74, 6) is -0.0233. The summed E-state index contributed by atoms with van der Waals surface area (Å²) in [5.41, 5.74) is -0.00927. The molecule has 0 atom stereocenters. The highest BCUT2D eigenvalue weighted by Gasteiger charge is 2.22. The topological polar surface area (TPSA) is 71.8 Å². The summed E-state index contributed by atoms with van der Waals surface area (Å²) in [6, 6.07) is 2.20. The number of amides is 1. The van der Waals surface area contributed by atoms with Gasteiger partial charge in [0.15, 0.2) is 5.82 Å². The molecule has 136 valence electrons. The van der Waals surface area contributed by atoms with E-state index in [1.165, 1.54) is 10.7 Å². The lowest BCUT2D eigenvalue weighted by Crippen LogP contribution is -2.27. The highest BCUT2D eigenvalue weighted by Crippen LogP contribution is 2.26. The van der Waals surface area contributed by atoms with Crippen molar-refractivity contribution in [1.82, 2.24) is 20.1 Å². The van der Waals surface area contributed by atoms with Gasteiger partial charge in [-0.05, 0) is 38.1 Å². The number of benzene rings is 1. The van der Waals surface area contributed by atoms with Crippen LogP contribution < -0.4 is 10.6 Å². The van der Waals surface area contributed by atoms with Crippen LogP contribution in [0, 0.1) is 5.82 Å². The highest BCUT2D eigenvalue weighted by molar-refractivity contribution is 6.37. The van der Waals surface area contributed by atoms with Crippen molar-refractivity contribution in [2.24, 2.45) is 7.05 Å². The van der Waals surface area contributed by atoms with Crippen molar-refractivity contribution in [1.29, 1.82) is 0 Å². The van der Waals surface area contributed by atoms with E-state index in [1.807, 2.05) is 0 Å². The largest absolute Gasteiger partial charge is 0.317 e. The average Bonchev–Trinajstić information content (AvgIpc) is 2.92. The number of hydrogen-bond donors (Lipinski definition) is 2. The number of aromatic nitrogens is 3. The van der Waals surface area contributed by atoms with E-state index < -0.39 is 11.7 Å². The molecular formula is C15H17Cl3FN5O. The molecule has 0 aliphatic carbocycles. The first-order chi connectivity index (χ1) is 11.5. The minimum atomic E-state index is -0.709. The molecule has 3 rings (SSSR count). The quantitative estimate of drug-likeness (QED) is 0.764. The Morgan fingerprint density at radius 3 is 2.68 bits per heavy atom. The smallest absolute Gasteiger partial charge is 0.259 e. The van der Waals surface area contributed by atoms with Gasteiger partial charge in [0.25, 0.3) is 5.91 Å². The summed E-state index contributed by atoms with van der Waals surface area (Å²) >= 11 is 11.6. The van der Waals surface area contributed by atoms with Gasteiger partial charge in [-0.15, -0.1) is 12.4 Å². The fourth-order valence-electron chi connectivity index (χ4n) is 2.63. The monoisotopic (exact) mass is 407 g/mol. The Bertz CT molecular complexity index is 777. The van der Waals surface area contributed by atoms with Crippen LogP contribution >= 0.6 is 35.6 Å². The van der Waals surface area contributed by atoms with Gasteiger partial charge in [-0.3, -0.25) is 10.1 Å². The van der Waals surface area contributed by atoms with Crippen molar-refractivity contribution < 1.29 is 9.18 Å². The zero-order chi connectivity index (χ0) is 17.3. The van der Waals surface area contributed by atoms with Crippen molar-refractivity contribution in [3.8, 4) is 0 Å². The molecule has 1 aromatic heterocycles. The second-order valence-electron chi connectivity index (χ2n) is 5.64. The summed E-state index contributed by atoms with van der Waals surface area (Å²) in [6.07, 6.45) is 1.90. The molecule has 0 spiro atoms. The molecule has 1 aliphatic rings. The predicted molar refractivity (Wildman–Crippen MR) is 97.5 cm³/mol. The molecule has 2 N–H and O–H groups in total. The molecule has 2 aromatic rings. The Balaban J connectivity index is 0.00000225. The first kappa shape index (κ1) is 19.9. The number of carbonyl (C=O) groups excluding carboxylic acids is 1. The number of piperidine rings is 1. The van der Waals surface area contributed by atoms with Crippen molar-refractivity contribution in [3.63, 3.8) is 0 Å². The zero-order valence-corrected chi connectivity index (χ0v) is 15.7. The van der Waals surface area contributed by atoms with Gasteiger partial charge in [0.1, 0.15) is 5.82 Å². The van der Waals surface area contributed by atoms with Crippen LogP contribution in [-0.4, -0.2) is 33.8 Å². The Kier molecular flexibility index (Phi) is 6.62. The number of nitrogens with one attached hydrogen (secondary N) is 2. The van der Waals surface area contributed by atoms with Crippen molar-refractivity contribution >= 4 is 47.5 Å². The Morgan fingerprint density at radius 1 is 1.32 bits per heavy atom. The van der Waals surface area contributed by atoms with E-state index in [2.05, 4.69) is 20.7 Å². The summed E-state index contributed by atoms with van der Waals surface area (Å²) in [7, 11) is 1.69. The van der Waals surface area contributed by atoms with Crippen LogP contribution in [0.3, 0.4) is 0 Å². The second-order valence-corrected chi connectivity index (χ2v) is 6.46. The van der Waals surface area contributed by atoms with Crippen molar-refractivity contribution in [3.05, 3.63) is 39.4 Å². The van der Waals surface area contributed by atoms with E-state index in [4.69, 9.17) is 23.2 Å². The van der Waals surface area contributed by atoms with E-state index >= 15 is 0 Å². The molecule has 10 heteroatoms. The zero-order valence-electron chi connectivity index (χ0n) is 13.4. The lowest BCUT2D eigenvalue weighted by Gasteiger charge is -2.19. The standard InChI is InChI=1S/C15H16Cl2FN5O.ClH/c1-23-15(20-13(22-23)8-2-4-19-5-3-8)21-14(24)9-6-12(18)11(17)7-10(9)16;/h6-8,19H,2-5H2,1H3,(H,20,21,22,24);1H. The maximum absolute atomic E-state index is 13.6. The van der Waals surface area contributed by atoms with Gasteiger partial charge >= 0.3 is 0 Å². The first-order valence-corrected chi connectivity index (χ1v) is 8.29. The molecular weight excluding hydrogens is 392 g/mol. The van der Waals surface area contributed by atoms with Crippen LogP contribution in [-0.2, 0) is 7.05 Å². The molecule has 0 unspecified atom stereocenters. The molecule has 0 radical (unpaired) electrons. The van der Waals surface area contributed by atoms with Gasteiger partial charge in [0.05, 0.1) is 15.6 Å². The van der Waals surface area contributed by atoms with E-state index in [0.717, 1.165) is 32.0 Å². The number of carbonyl (C=O) groups is 1. The lowest BCUT2D eigenvalue weighted by atomic mass is 9.98. The summed E-state index contributed by atoms with van der Waals surface area (Å²) in [4.78, 5) is 16.7. The number of anilines is 1. The van der Waals surface area contributed by atoms with Gasteiger partial charge in [0, 0.05) is 13.0 Å². The molecule has 25 heavy (non-hydrogen) atoms. The minimum Gasteiger partial charge on any atom is -0.317 e. The third kappa shape index (κ3) is 4.41. The van der Waals surface area contributed by atoms with E-state index in [0.29, 0.717) is 11.8 Å². The van der Waals surface area contributed by atoms with E-state index in [1.54, 1.807) is 7.05 Å². The number of halogens is 4. The average molecular weight is 409 g/mol. The normalized spacial score (nSPS) is 14.9. The van der Waals surface area contributed by atoms with Gasteiger partial charge in [-0.2, -0.15) is 10.1 Å².